The Morgan fingerprint density at radius 2 is 1.85 bits per heavy atom. The Morgan fingerprint density at radius 1 is 1.06 bits per heavy atom. The minimum atomic E-state index is -0.810. The van der Waals surface area contributed by atoms with E-state index in [0.717, 1.165) is 11.1 Å². The number of benzene rings is 2. The minimum absolute atomic E-state index is 0.0228. The van der Waals surface area contributed by atoms with Gasteiger partial charge in [-0.3, -0.25) is 19.5 Å². The van der Waals surface area contributed by atoms with Gasteiger partial charge < -0.3 is 9.84 Å². The van der Waals surface area contributed by atoms with Gasteiger partial charge >= 0.3 is 0 Å². The zero-order valence-electron chi connectivity index (χ0n) is 19.1. The number of aliphatic hydroxyl groups is 1. The zero-order valence-corrected chi connectivity index (χ0v) is 19.1. The maximum absolute atomic E-state index is 13.3. The van der Waals surface area contributed by atoms with Crippen LogP contribution in [-0.4, -0.2) is 27.9 Å². The molecule has 0 saturated carbocycles. The van der Waals surface area contributed by atoms with Gasteiger partial charge in [-0.05, 0) is 63.1 Å². The van der Waals surface area contributed by atoms with Crippen LogP contribution in [0.1, 0.15) is 42.1 Å². The lowest BCUT2D eigenvalue weighted by Gasteiger charge is -2.26. The van der Waals surface area contributed by atoms with Crippen molar-refractivity contribution in [3.05, 3.63) is 94.8 Å². The first-order valence-electron chi connectivity index (χ1n) is 10.8. The summed E-state index contributed by atoms with van der Waals surface area (Å²) in [6.07, 6.45) is 3.19. The topological polar surface area (TPSA) is 79.7 Å². The lowest BCUT2D eigenvalue weighted by Crippen LogP contribution is -2.30. The zero-order chi connectivity index (χ0) is 23.7. The van der Waals surface area contributed by atoms with Crippen LogP contribution in [0, 0.1) is 13.8 Å². The van der Waals surface area contributed by atoms with Crippen LogP contribution in [0.4, 0.5) is 5.69 Å². The molecule has 1 amide bonds. The van der Waals surface area contributed by atoms with Gasteiger partial charge in [0, 0.05) is 23.6 Å². The van der Waals surface area contributed by atoms with Crippen molar-refractivity contribution >= 4 is 23.1 Å². The van der Waals surface area contributed by atoms with Gasteiger partial charge in [0.2, 0.25) is 0 Å². The van der Waals surface area contributed by atoms with Crippen LogP contribution in [0.2, 0.25) is 0 Å². The molecule has 2 heterocycles. The normalized spacial score (nSPS) is 17.6. The van der Waals surface area contributed by atoms with Gasteiger partial charge in [-0.2, -0.15) is 0 Å². The second kappa shape index (κ2) is 8.90. The molecule has 33 heavy (non-hydrogen) atoms. The fourth-order valence-corrected chi connectivity index (χ4v) is 4.15. The van der Waals surface area contributed by atoms with Crippen LogP contribution in [0.3, 0.4) is 0 Å². The van der Waals surface area contributed by atoms with Crippen molar-refractivity contribution < 1.29 is 19.4 Å². The van der Waals surface area contributed by atoms with Gasteiger partial charge in [0.1, 0.15) is 11.5 Å². The number of hydrogen-bond acceptors (Lipinski definition) is 5. The number of aryl methyl sites for hydroxylation is 2. The molecule has 0 radical (unpaired) electrons. The number of ketones is 1. The molecule has 1 aliphatic heterocycles. The first kappa shape index (κ1) is 22.3. The first-order valence-corrected chi connectivity index (χ1v) is 10.8. The Labute approximate surface area is 193 Å². The SMILES string of the molecule is Cc1ccc(N2C(=O)C(=O)/C(=C(/O)c3cccc(OC(C)C)c3)C2c2cccnc2)c(C)c1. The van der Waals surface area contributed by atoms with E-state index in [0.29, 0.717) is 22.6 Å². The van der Waals surface area contributed by atoms with Crippen molar-refractivity contribution in [2.45, 2.75) is 39.8 Å². The van der Waals surface area contributed by atoms with Crippen LogP contribution in [0.15, 0.2) is 72.6 Å². The van der Waals surface area contributed by atoms with E-state index < -0.39 is 17.7 Å². The molecular formula is C27H26N2O4. The van der Waals surface area contributed by atoms with Gasteiger partial charge in [-0.1, -0.05) is 35.9 Å². The third kappa shape index (κ3) is 4.24. The molecule has 3 aromatic rings. The number of ether oxygens (including phenoxy) is 1. The molecule has 1 fully saturated rings. The van der Waals surface area contributed by atoms with Gasteiger partial charge in [-0.25, -0.2) is 0 Å². The van der Waals surface area contributed by atoms with E-state index in [2.05, 4.69) is 4.98 Å². The monoisotopic (exact) mass is 442 g/mol. The number of carbonyl (C=O) groups excluding carboxylic acids is 2. The number of aliphatic hydroxyl groups excluding tert-OH is 1. The van der Waals surface area contributed by atoms with Crippen molar-refractivity contribution in [1.29, 1.82) is 0 Å². The Balaban J connectivity index is 1.91. The molecule has 4 rings (SSSR count). The van der Waals surface area contributed by atoms with Crippen LogP contribution in [0.25, 0.3) is 5.76 Å². The van der Waals surface area contributed by atoms with E-state index in [1.807, 2.05) is 45.9 Å². The maximum Gasteiger partial charge on any atom is 0.300 e. The first-order chi connectivity index (χ1) is 15.8. The molecule has 0 bridgehead atoms. The average molecular weight is 443 g/mol. The summed E-state index contributed by atoms with van der Waals surface area (Å²) < 4.78 is 5.74. The molecule has 1 aliphatic rings. The molecule has 1 unspecified atom stereocenters. The quantitative estimate of drug-likeness (QED) is 0.337. The summed E-state index contributed by atoms with van der Waals surface area (Å²) in [6, 6.07) is 15.3. The number of amides is 1. The van der Waals surface area contributed by atoms with Crippen LogP contribution < -0.4 is 9.64 Å². The van der Waals surface area contributed by atoms with Crippen molar-refractivity contribution in [3.63, 3.8) is 0 Å². The minimum Gasteiger partial charge on any atom is -0.507 e. The van der Waals surface area contributed by atoms with E-state index >= 15 is 0 Å². The van der Waals surface area contributed by atoms with Crippen molar-refractivity contribution in [3.8, 4) is 5.75 Å². The summed E-state index contributed by atoms with van der Waals surface area (Å²) in [6.45, 7) is 7.68. The molecule has 0 spiro atoms. The fraction of sp³-hybridized carbons (Fsp3) is 0.222. The molecule has 1 saturated heterocycles. The van der Waals surface area contributed by atoms with Crippen LogP contribution in [-0.2, 0) is 9.59 Å². The number of carbonyl (C=O) groups is 2. The van der Waals surface area contributed by atoms with Crippen molar-refractivity contribution in [2.24, 2.45) is 0 Å². The third-order valence-corrected chi connectivity index (χ3v) is 5.54. The number of anilines is 1. The summed E-state index contributed by atoms with van der Waals surface area (Å²) in [5.74, 6) is -1.11. The predicted octanol–water partition coefficient (Wildman–Crippen LogP) is 5.11. The Hall–Kier alpha value is -3.93. The number of hydrogen-bond donors (Lipinski definition) is 1. The van der Waals surface area contributed by atoms with E-state index in [1.165, 1.54) is 4.90 Å². The highest BCUT2D eigenvalue weighted by Crippen LogP contribution is 2.43. The largest absolute Gasteiger partial charge is 0.507 e. The van der Waals surface area contributed by atoms with E-state index in [4.69, 9.17) is 4.74 Å². The number of pyridine rings is 1. The predicted molar refractivity (Wildman–Crippen MR) is 127 cm³/mol. The van der Waals surface area contributed by atoms with E-state index in [9.17, 15) is 14.7 Å². The van der Waals surface area contributed by atoms with Gasteiger partial charge in [-0.15, -0.1) is 0 Å². The van der Waals surface area contributed by atoms with Crippen LogP contribution >= 0.6 is 0 Å². The number of Topliss-reactive ketones (excluding diaryl/α,β-unsaturated/α-hetero) is 1. The molecule has 6 heteroatoms. The molecule has 1 atom stereocenters. The highest BCUT2D eigenvalue weighted by atomic mass is 16.5. The van der Waals surface area contributed by atoms with Gasteiger partial charge in [0.15, 0.2) is 0 Å². The fourth-order valence-electron chi connectivity index (χ4n) is 4.15. The van der Waals surface area contributed by atoms with Crippen molar-refractivity contribution in [1.82, 2.24) is 4.98 Å². The third-order valence-electron chi connectivity index (χ3n) is 5.54. The molecular weight excluding hydrogens is 416 g/mol. The van der Waals surface area contributed by atoms with Crippen molar-refractivity contribution in [2.75, 3.05) is 4.90 Å². The number of rotatable bonds is 5. The number of aromatic nitrogens is 1. The molecule has 168 valence electrons. The number of nitrogens with zero attached hydrogens (tertiary/aromatic N) is 2. The van der Waals surface area contributed by atoms with Gasteiger partial charge in [0.05, 0.1) is 17.7 Å². The highest BCUT2D eigenvalue weighted by molar-refractivity contribution is 6.51. The second-order valence-electron chi connectivity index (χ2n) is 8.44. The molecule has 1 aromatic heterocycles. The Kier molecular flexibility index (Phi) is 6.01. The lowest BCUT2D eigenvalue weighted by molar-refractivity contribution is -0.132. The van der Waals surface area contributed by atoms with Gasteiger partial charge in [0.25, 0.3) is 11.7 Å². The summed E-state index contributed by atoms with van der Waals surface area (Å²) >= 11 is 0. The van der Waals surface area contributed by atoms with E-state index in [1.54, 1.807) is 48.8 Å². The average Bonchev–Trinajstić information content (AvgIpc) is 3.04. The highest BCUT2D eigenvalue weighted by Gasteiger charge is 2.47. The van der Waals surface area contributed by atoms with E-state index in [-0.39, 0.29) is 17.4 Å². The summed E-state index contributed by atoms with van der Waals surface area (Å²) in [5, 5.41) is 11.3. The lowest BCUT2D eigenvalue weighted by atomic mass is 9.95. The maximum atomic E-state index is 13.3. The standard InChI is InChI=1S/C27H26N2O4/c1-16(2)33-21-9-5-7-19(14-21)25(30)23-24(20-8-6-12-28-15-20)29(27(32)26(23)31)22-11-10-17(3)13-18(22)4/h5-16,24,30H,1-4H3/b25-23+. The second-order valence-corrected chi connectivity index (χ2v) is 8.44. The smallest absolute Gasteiger partial charge is 0.300 e. The molecule has 6 nitrogen and oxygen atoms in total. The summed E-state index contributed by atoms with van der Waals surface area (Å²) in [7, 11) is 0. The summed E-state index contributed by atoms with van der Waals surface area (Å²) in [4.78, 5) is 32.2. The molecule has 1 N–H and O–H groups in total. The summed E-state index contributed by atoms with van der Waals surface area (Å²) in [5.41, 5.74) is 3.58. The Morgan fingerprint density at radius 3 is 2.52 bits per heavy atom. The molecule has 2 aromatic carbocycles. The van der Waals surface area contributed by atoms with Crippen LogP contribution in [0.5, 0.6) is 5.75 Å². The molecule has 0 aliphatic carbocycles. The Bertz CT molecular complexity index is 1250.